The fourth-order valence-corrected chi connectivity index (χ4v) is 2.88. The third-order valence-electron chi connectivity index (χ3n) is 4.75. The number of aromatic hydroxyl groups is 1. The Hall–Kier alpha value is -3.16. The first-order valence-corrected chi connectivity index (χ1v) is 9.15. The number of aromatic nitrogens is 1. The summed E-state index contributed by atoms with van der Waals surface area (Å²) < 4.78 is 23.7. The first kappa shape index (κ1) is 22.1. The molecule has 29 heavy (non-hydrogen) atoms. The molecule has 3 atom stereocenters. The number of hydrogen-bond acceptors (Lipinski definition) is 6. The number of rotatable bonds is 7. The van der Waals surface area contributed by atoms with E-state index in [1.807, 2.05) is 6.92 Å². The normalized spacial score (nSPS) is 13.9. The highest BCUT2D eigenvalue weighted by atomic mass is 19.1. The highest BCUT2D eigenvalue weighted by Crippen LogP contribution is 2.28. The Balaban J connectivity index is 2.02. The fourth-order valence-electron chi connectivity index (χ4n) is 2.88. The van der Waals surface area contributed by atoms with Gasteiger partial charge in [-0.1, -0.05) is 13.0 Å². The molecule has 0 unspecified atom stereocenters. The van der Waals surface area contributed by atoms with Gasteiger partial charge in [0.15, 0.2) is 17.2 Å². The van der Waals surface area contributed by atoms with E-state index >= 15 is 0 Å². The molecule has 2 rings (SSSR count). The van der Waals surface area contributed by atoms with Crippen LogP contribution in [0.15, 0.2) is 30.5 Å². The number of halogens is 1. The van der Waals surface area contributed by atoms with Gasteiger partial charge in [0.2, 0.25) is 0 Å². The molecule has 2 aromatic rings. The van der Waals surface area contributed by atoms with Gasteiger partial charge < -0.3 is 19.9 Å². The number of carbonyl (C=O) groups is 2. The van der Waals surface area contributed by atoms with Gasteiger partial charge in [-0.05, 0) is 44.0 Å². The lowest BCUT2D eigenvalue weighted by atomic mass is 9.92. The zero-order valence-corrected chi connectivity index (χ0v) is 17.0. The number of ether oxygens (including phenoxy) is 2. The van der Waals surface area contributed by atoms with Crippen molar-refractivity contribution in [3.8, 4) is 11.5 Å². The van der Waals surface area contributed by atoms with Crippen LogP contribution in [-0.4, -0.2) is 41.2 Å². The first-order chi connectivity index (χ1) is 13.6. The number of aryl methyl sites for hydroxylation is 1. The average Bonchev–Trinajstić information content (AvgIpc) is 2.67. The van der Waals surface area contributed by atoms with E-state index in [4.69, 9.17) is 9.47 Å². The van der Waals surface area contributed by atoms with E-state index in [1.165, 1.54) is 38.4 Å². The summed E-state index contributed by atoms with van der Waals surface area (Å²) in [6.07, 6.45) is 0.806. The predicted molar refractivity (Wildman–Crippen MR) is 104 cm³/mol. The molecular formula is C21H25FN2O5. The van der Waals surface area contributed by atoms with Crippen LogP contribution in [-0.2, 0) is 9.53 Å². The molecule has 1 aromatic heterocycles. The zero-order valence-electron chi connectivity index (χ0n) is 17.0. The summed E-state index contributed by atoms with van der Waals surface area (Å²) in [5.74, 6) is -2.19. The molecule has 2 N–H and O–H groups in total. The minimum absolute atomic E-state index is 0.0949. The molecule has 0 radical (unpaired) electrons. The van der Waals surface area contributed by atoms with Crippen molar-refractivity contribution in [2.75, 3.05) is 7.11 Å². The second-order valence-corrected chi connectivity index (χ2v) is 6.84. The van der Waals surface area contributed by atoms with Crippen LogP contribution < -0.4 is 10.1 Å². The summed E-state index contributed by atoms with van der Waals surface area (Å²) >= 11 is 0. The summed E-state index contributed by atoms with van der Waals surface area (Å²) in [5.41, 5.74) is 1.38. The lowest BCUT2D eigenvalue weighted by Crippen LogP contribution is -2.41. The molecule has 0 saturated heterocycles. The number of pyridine rings is 1. The van der Waals surface area contributed by atoms with Crippen LogP contribution in [0.4, 0.5) is 4.39 Å². The van der Waals surface area contributed by atoms with Gasteiger partial charge in [0.05, 0.1) is 7.11 Å². The van der Waals surface area contributed by atoms with Crippen molar-refractivity contribution in [2.45, 2.75) is 45.8 Å². The Labute approximate surface area is 168 Å². The summed E-state index contributed by atoms with van der Waals surface area (Å²) in [5, 5.41) is 12.5. The molecule has 1 amide bonds. The smallest absolute Gasteiger partial charge is 0.328 e. The molecule has 1 heterocycles. The molecular weight excluding hydrogens is 379 g/mol. The topological polar surface area (TPSA) is 97.8 Å². The van der Waals surface area contributed by atoms with Gasteiger partial charge in [-0.25, -0.2) is 14.2 Å². The van der Waals surface area contributed by atoms with Crippen molar-refractivity contribution in [3.05, 3.63) is 53.1 Å². The number of carbonyl (C=O) groups excluding carboxylic acids is 2. The summed E-state index contributed by atoms with van der Waals surface area (Å²) in [6.45, 7) is 6.87. The van der Waals surface area contributed by atoms with Crippen molar-refractivity contribution >= 4 is 11.9 Å². The standard InChI is InChI=1S/C21H25FN2O5/c1-11-10-15(22)6-7-16(11)12(2)14(4)29-21(27)13(3)24-20(26)18-19(25)17(28-5)8-9-23-18/h6-10,12-14,25H,1-5H3,(H,24,26)/t12-,13+,14+/m1/s1. The fraction of sp³-hybridized carbons (Fsp3) is 0.381. The van der Waals surface area contributed by atoms with Gasteiger partial charge in [0.25, 0.3) is 5.91 Å². The largest absolute Gasteiger partial charge is 0.503 e. The molecule has 7 nitrogen and oxygen atoms in total. The number of nitrogens with zero attached hydrogens (tertiary/aromatic N) is 1. The lowest BCUT2D eigenvalue weighted by molar-refractivity contribution is -0.151. The summed E-state index contributed by atoms with van der Waals surface area (Å²) in [7, 11) is 1.35. The summed E-state index contributed by atoms with van der Waals surface area (Å²) in [4.78, 5) is 28.6. The monoisotopic (exact) mass is 404 g/mol. The number of esters is 1. The van der Waals surface area contributed by atoms with E-state index in [9.17, 15) is 19.1 Å². The van der Waals surface area contributed by atoms with Gasteiger partial charge in [-0.15, -0.1) is 0 Å². The Kier molecular flexibility index (Phi) is 7.14. The minimum Gasteiger partial charge on any atom is -0.503 e. The molecule has 0 aliphatic rings. The van der Waals surface area contributed by atoms with E-state index in [0.29, 0.717) is 0 Å². The van der Waals surface area contributed by atoms with Crippen molar-refractivity contribution in [3.63, 3.8) is 0 Å². The SMILES string of the molecule is COc1ccnc(C(=O)N[C@@H](C)C(=O)O[C@@H](C)[C@@H](C)c2ccc(F)cc2C)c1O. The number of nitrogens with one attached hydrogen (secondary N) is 1. The van der Waals surface area contributed by atoms with Crippen LogP contribution in [0.25, 0.3) is 0 Å². The van der Waals surface area contributed by atoms with Crippen LogP contribution in [0.5, 0.6) is 11.5 Å². The molecule has 156 valence electrons. The molecule has 0 spiro atoms. The molecule has 0 bridgehead atoms. The second kappa shape index (κ2) is 9.36. The van der Waals surface area contributed by atoms with Gasteiger partial charge >= 0.3 is 5.97 Å². The van der Waals surface area contributed by atoms with Crippen LogP contribution in [0.2, 0.25) is 0 Å². The number of benzene rings is 1. The third kappa shape index (κ3) is 5.22. The van der Waals surface area contributed by atoms with E-state index < -0.39 is 29.8 Å². The second-order valence-electron chi connectivity index (χ2n) is 6.84. The Morgan fingerprint density at radius 2 is 1.90 bits per heavy atom. The van der Waals surface area contributed by atoms with Crippen molar-refractivity contribution in [1.82, 2.24) is 10.3 Å². The molecule has 0 fully saturated rings. The molecule has 8 heteroatoms. The van der Waals surface area contributed by atoms with E-state index in [0.717, 1.165) is 11.1 Å². The van der Waals surface area contributed by atoms with Crippen molar-refractivity contribution < 1.29 is 28.6 Å². The van der Waals surface area contributed by atoms with Gasteiger partial charge in [0.1, 0.15) is 18.0 Å². The van der Waals surface area contributed by atoms with Gasteiger partial charge in [-0.2, -0.15) is 0 Å². The average molecular weight is 404 g/mol. The predicted octanol–water partition coefficient (Wildman–Crippen LogP) is 3.10. The van der Waals surface area contributed by atoms with Crippen LogP contribution >= 0.6 is 0 Å². The van der Waals surface area contributed by atoms with E-state index in [1.54, 1.807) is 19.9 Å². The summed E-state index contributed by atoms with van der Waals surface area (Å²) in [6, 6.07) is 4.89. The highest BCUT2D eigenvalue weighted by Gasteiger charge is 2.26. The van der Waals surface area contributed by atoms with Gasteiger partial charge in [0, 0.05) is 18.2 Å². The maximum atomic E-state index is 13.3. The van der Waals surface area contributed by atoms with Crippen LogP contribution in [0.1, 0.15) is 48.3 Å². The van der Waals surface area contributed by atoms with Crippen LogP contribution in [0, 0.1) is 12.7 Å². The lowest BCUT2D eigenvalue weighted by Gasteiger charge is -2.24. The molecule has 1 aromatic carbocycles. The maximum absolute atomic E-state index is 13.3. The van der Waals surface area contributed by atoms with Crippen molar-refractivity contribution in [1.29, 1.82) is 0 Å². The minimum atomic E-state index is -0.973. The Morgan fingerprint density at radius 1 is 1.21 bits per heavy atom. The number of methoxy groups -OCH3 is 1. The molecule has 0 aliphatic heterocycles. The Bertz CT molecular complexity index is 903. The van der Waals surface area contributed by atoms with E-state index in [-0.39, 0.29) is 23.2 Å². The van der Waals surface area contributed by atoms with E-state index in [2.05, 4.69) is 10.3 Å². The van der Waals surface area contributed by atoms with Crippen LogP contribution in [0.3, 0.4) is 0 Å². The number of amides is 1. The van der Waals surface area contributed by atoms with Gasteiger partial charge in [-0.3, -0.25) is 4.79 Å². The maximum Gasteiger partial charge on any atom is 0.328 e. The van der Waals surface area contributed by atoms with Crippen molar-refractivity contribution in [2.24, 2.45) is 0 Å². The quantitative estimate of drug-likeness (QED) is 0.688. The highest BCUT2D eigenvalue weighted by molar-refractivity contribution is 5.97. The third-order valence-corrected chi connectivity index (χ3v) is 4.75. The first-order valence-electron chi connectivity index (χ1n) is 9.15. The molecule has 0 aliphatic carbocycles. The Morgan fingerprint density at radius 3 is 2.52 bits per heavy atom. The number of hydrogen-bond donors (Lipinski definition) is 2. The zero-order chi connectivity index (χ0) is 21.7. The molecule has 0 saturated carbocycles.